The number of nitrogens with zero attached hydrogens (tertiary/aromatic N) is 2. The highest BCUT2D eigenvalue weighted by Gasteiger charge is 2.30. The molecule has 6 nitrogen and oxygen atoms in total. The van der Waals surface area contributed by atoms with E-state index in [0.29, 0.717) is 21.5 Å². The molecule has 0 saturated carbocycles. The maximum Gasteiger partial charge on any atom is 0.123 e. The summed E-state index contributed by atoms with van der Waals surface area (Å²) in [5.74, 6) is 0.644. The van der Waals surface area contributed by atoms with Gasteiger partial charge in [0.1, 0.15) is 22.9 Å². The highest BCUT2D eigenvalue weighted by molar-refractivity contribution is 7.24. The van der Waals surface area contributed by atoms with E-state index in [-0.39, 0.29) is 21.7 Å². The first-order valence-electron chi connectivity index (χ1n) is 20.1. The molecule has 60 heavy (non-hydrogen) atoms. The first-order chi connectivity index (χ1) is 27.9. The van der Waals surface area contributed by atoms with Gasteiger partial charge in [0.2, 0.25) is 0 Å². The van der Waals surface area contributed by atoms with Gasteiger partial charge in [-0.15, -0.1) is 22.7 Å². The number of benzene rings is 4. The van der Waals surface area contributed by atoms with Gasteiger partial charge in [-0.25, -0.2) is 0 Å². The molecule has 2 aromatic heterocycles. The molecule has 0 aliphatic carbocycles. The fourth-order valence-corrected chi connectivity index (χ4v) is 9.22. The van der Waals surface area contributed by atoms with Crippen molar-refractivity contribution in [2.24, 2.45) is 10.2 Å². The summed E-state index contributed by atoms with van der Waals surface area (Å²) < 4.78 is 0. The van der Waals surface area contributed by atoms with Crippen LogP contribution >= 0.6 is 45.9 Å². The van der Waals surface area contributed by atoms with Crippen LogP contribution in [-0.2, 0) is 21.7 Å². The van der Waals surface area contributed by atoms with Crippen LogP contribution < -0.4 is 10.9 Å². The quantitative estimate of drug-likeness (QED) is 0.0860. The van der Waals surface area contributed by atoms with Crippen LogP contribution in [0.4, 0.5) is 11.4 Å². The van der Waals surface area contributed by atoms with Crippen LogP contribution in [0.2, 0.25) is 10.0 Å². The first kappa shape index (κ1) is 44.9. The third kappa shape index (κ3) is 10.3. The molecule has 6 aromatic rings. The van der Waals surface area contributed by atoms with Crippen molar-refractivity contribution in [2.75, 3.05) is 10.9 Å². The zero-order valence-electron chi connectivity index (χ0n) is 36.6. The molecule has 10 heteroatoms. The summed E-state index contributed by atoms with van der Waals surface area (Å²) in [7, 11) is 0. The van der Waals surface area contributed by atoms with E-state index in [9.17, 15) is 10.2 Å². The van der Waals surface area contributed by atoms with Crippen molar-refractivity contribution in [2.45, 2.75) is 105 Å². The minimum Gasteiger partial charge on any atom is -0.507 e. The molecule has 4 N–H and O–H groups in total. The highest BCUT2D eigenvalue weighted by Crippen LogP contribution is 2.43. The third-order valence-electron chi connectivity index (χ3n) is 10.2. The number of halogens is 2. The third-order valence-corrected chi connectivity index (χ3v) is 13.1. The van der Waals surface area contributed by atoms with Crippen LogP contribution in [0.3, 0.4) is 0 Å². The minimum atomic E-state index is -0.316. The van der Waals surface area contributed by atoms with Gasteiger partial charge in [0.15, 0.2) is 0 Å². The number of thiophene rings is 2. The molecule has 0 fully saturated rings. The van der Waals surface area contributed by atoms with Crippen LogP contribution in [0, 0.1) is 0 Å². The van der Waals surface area contributed by atoms with E-state index in [4.69, 9.17) is 33.4 Å². The Kier molecular flexibility index (Phi) is 12.8. The van der Waals surface area contributed by atoms with Gasteiger partial charge in [-0.3, -0.25) is 10.9 Å². The van der Waals surface area contributed by atoms with Crippen molar-refractivity contribution in [3.63, 3.8) is 0 Å². The Labute approximate surface area is 374 Å². The smallest absolute Gasteiger partial charge is 0.123 e. The zero-order chi connectivity index (χ0) is 43.9. The molecular weight excluding hydrogens is 824 g/mol. The molecule has 0 spiro atoms. The normalized spacial score (nSPS) is 13.2. The van der Waals surface area contributed by atoms with Gasteiger partial charge in [-0.2, -0.15) is 10.2 Å². The van der Waals surface area contributed by atoms with E-state index >= 15 is 0 Å². The van der Waals surface area contributed by atoms with Crippen molar-refractivity contribution in [1.29, 1.82) is 0 Å². The van der Waals surface area contributed by atoms with Crippen molar-refractivity contribution in [3.8, 4) is 21.3 Å². The van der Waals surface area contributed by atoms with E-state index in [1.165, 1.54) is 0 Å². The second-order valence-electron chi connectivity index (χ2n) is 19.3. The summed E-state index contributed by atoms with van der Waals surface area (Å²) in [5.41, 5.74) is 13.7. The molecule has 314 valence electrons. The summed E-state index contributed by atoms with van der Waals surface area (Å²) in [6.07, 6.45) is 0. The minimum absolute atomic E-state index is 0.316. The van der Waals surface area contributed by atoms with Gasteiger partial charge in [0.05, 0.1) is 21.1 Å². The van der Waals surface area contributed by atoms with Gasteiger partial charge in [0.25, 0.3) is 0 Å². The number of anilines is 2. The summed E-state index contributed by atoms with van der Waals surface area (Å²) in [5, 5.41) is 34.6. The van der Waals surface area contributed by atoms with E-state index in [1.807, 2.05) is 48.5 Å². The molecule has 4 aromatic carbocycles. The largest absolute Gasteiger partial charge is 0.507 e. The number of hydrazone groups is 2. The number of hydrogen-bond acceptors (Lipinski definition) is 8. The lowest BCUT2D eigenvalue weighted by Gasteiger charge is -2.28. The molecule has 0 saturated heterocycles. The van der Waals surface area contributed by atoms with Crippen molar-refractivity contribution in [3.05, 3.63) is 150 Å². The Morgan fingerprint density at radius 2 is 0.733 bits per heavy atom. The summed E-state index contributed by atoms with van der Waals surface area (Å²) in [6, 6.07) is 31.7. The summed E-state index contributed by atoms with van der Waals surface area (Å²) >= 11 is 15.7. The second kappa shape index (κ2) is 17.0. The fourth-order valence-electron chi connectivity index (χ4n) is 6.84. The van der Waals surface area contributed by atoms with Gasteiger partial charge in [-0.05, 0) is 119 Å². The summed E-state index contributed by atoms with van der Waals surface area (Å²) in [4.78, 5) is 4.09. The standard InChI is InChI=1S/C50H56Cl2N4O2S2/c1-47(2,3)35-25-29(26-36(45(35)57)48(4,5)6)43(55-53-33-17-13-31(51)14-18-33)41-23-21-39(59-41)40-22-24-42(60-40)44(56-54-34-19-15-32(52)16-20-34)30-27-37(49(7,8)9)46(58)38(28-30)50(10,11)12/h13-28,53-54,57-58H,1-12H3/b55-43+,56-44+. The van der Waals surface area contributed by atoms with E-state index in [2.05, 4.69) is 142 Å². The molecule has 0 aliphatic rings. The monoisotopic (exact) mass is 878 g/mol. The zero-order valence-corrected chi connectivity index (χ0v) is 39.7. The highest BCUT2D eigenvalue weighted by atomic mass is 35.5. The van der Waals surface area contributed by atoms with E-state index < -0.39 is 0 Å². The molecular formula is C50H56Cl2N4O2S2. The van der Waals surface area contributed by atoms with Crippen LogP contribution in [0.1, 0.15) is 126 Å². The Morgan fingerprint density at radius 1 is 0.450 bits per heavy atom. The Bertz CT molecular complexity index is 2310. The van der Waals surface area contributed by atoms with Gasteiger partial charge >= 0.3 is 0 Å². The van der Waals surface area contributed by atoms with Crippen molar-refractivity contribution < 1.29 is 10.2 Å². The topological polar surface area (TPSA) is 89.2 Å². The molecule has 0 atom stereocenters. The number of nitrogens with one attached hydrogen (secondary N) is 2. The molecule has 0 amide bonds. The van der Waals surface area contributed by atoms with Gasteiger partial charge in [-0.1, -0.05) is 106 Å². The Morgan fingerprint density at radius 3 is 1.00 bits per heavy atom. The number of phenolic OH excluding ortho intramolecular Hbond substituents is 2. The van der Waals surface area contributed by atoms with Gasteiger partial charge < -0.3 is 10.2 Å². The Balaban J connectivity index is 1.48. The van der Waals surface area contributed by atoms with E-state index in [1.54, 1.807) is 22.7 Å². The second-order valence-corrected chi connectivity index (χ2v) is 22.4. The number of rotatable bonds is 9. The molecule has 0 bridgehead atoms. The Hall–Kier alpha value is -4.60. The van der Waals surface area contributed by atoms with Gasteiger partial charge in [0, 0.05) is 53.2 Å². The number of phenols is 2. The average molecular weight is 880 g/mol. The number of hydrogen-bond donors (Lipinski definition) is 4. The van der Waals surface area contributed by atoms with Crippen LogP contribution in [0.5, 0.6) is 11.5 Å². The SMILES string of the molecule is CC(C)(C)c1cc(/C(=N\Nc2ccc(Cl)cc2)c2ccc(-c3ccc(/C(=N/Nc4ccc(Cl)cc4)c4cc(C(C)(C)C)c(O)c(C(C)(C)C)c4)s3)s2)cc(C(C)(C)C)c1O. The lowest BCUT2D eigenvalue weighted by atomic mass is 9.78. The lowest BCUT2D eigenvalue weighted by molar-refractivity contribution is 0.422. The molecule has 2 heterocycles. The van der Waals surface area contributed by atoms with Crippen molar-refractivity contribution in [1.82, 2.24) is 0 Å². The van der Waals surface area contributed by atoms with Crippen molar-refractivity contribution >= 4 is 68.7 Å². The lowest BCUT2D eigenvalue weighted by Crippen LogP contribution is -2.19. The number of aromatic hydroxyl groups is 2. The van der Waals surface area contributed by atoms with E-state index in [0.717, 1.165) is 75.7 Å². The van der Waals surface area contributed by atoms with Crippen LogP contribution in [0.25, 0.3) is 9.75 Å². The predicted molar refractivity (Wildman–Crippen MR) is 260 cm³/mol. The van der Waals surface area contributed by atoms with Crippen LogP contribution in [-0.4, -0.2) is 21.6 Å². The fraction of sp³-hybridized carbons (Fsp3) is 0.320. The maximum absolute atomic E-state index is 11.6. The average Bonchev–Trinajstić information content (AvgIpc) is 3.83. The molecule has 0 aliphatic heterocycles. The molecule has 0 unspecified atom stereocenters. The molecule has 6 rings (SSSR count). The molecule has 0 radical (unpaired) electrons. The van der Waals surface area contributed by atoms with Crippen LogP contribution in [0.15, 0.2) is 107 Å². The predicted octanol–water partition coefficient (Wildman–Crippen LogP) is 15.1. The first-order valence-corrected chi connectivity index (χ1v) is 22.4. The maximum atomic E-state index is 11.6. The summed E-state index contributed by atoms with van der Waals surface area (Å²) in [6.45, 7) is 25.4.